The molecular formula is C16H13Cl2NO3. The summed E-state index contributed by atoms with van der Waals surface area (Å²) in [4.78, 5) is 12.3. The van der Waals surface area contributed by atoms with Gasteiger partial charge in [-0.05, 0) is 36.8 Å². The van der Waals surface area contributed by atoms with E-state index in [1.165, 1.54) is 0 Å². The molecule has 1 aliphatic heterocycles. The van der Waals surface area contributed by atoms with E-state index in [-0.39, 0.29) is 23.8 Å². The van der Waals surface area contributed by atoms with Gasteiger partial charge >= 0.3 is 0 Å². The van der Waals surface area contributed by atoms with Gasteiger partial charge in [0.2, 0.25) is 6.79 Å². The summed E-state index contributed by atoms with van der Waals surface area (Å²) in [6.45, 7) is 2.10. The fourth-order valence-electron chi connectivity index (χ4n) is 2.22. The summed E-state index contributed by atoms with van der Waals surface area (Å²) in [5.41, 5.74) is 1.26. The fraction of sp³-hybridized carbons (Fsp3) is 0.188. The predicted octanol–water partition coefficient (Wildman–Crippen LogP) is 4.21. The van der Waals surface area contributed by atoms with Crippen LogP contribution in [0.3, 0.4) is 0 Å². The Morgan fingerprint density at radius 3 is 2.77 bits per heavy atom. The Labute approximate surface area is 137 Å². The summed E-state index contributed by atoms with van der Waals surface area (Å²) in [6, 6.07) is 10.3. The van der Waals surface area contributed by atoms with Crippen molar-refractivity contribution >= 4 is 29.1 Å². The lowest BCUT2D eigenvalue weighted by Crippen LogP contribution is -2.26. The lowest BCUT2D eigenvalue weighted by molar-refractivity contribution is 0.0940. The van der Waals surface area contributed by atoms with Crippen LogP contribution in [0.15, 0.2) is 36.4 Å². The third kappa shape index (κ3) is 2.85. The van der Waals surface area contributed by atoms with E-state index in [0.29, 0.717) is 22.1 Å². The van der Waals surface area contributed by atoms with Crippen molar-refractivity contribution in [1.82, 2.24) is 5.32 Å². The van der Waals surface area contributed by atoms with Gasteiger partial charge < -0.3 is 14.8 Å². The number of ether oxygens (including phenoxy) is 2. The molecule has 0 fully saturated rings. The fourth-order valence-corrected chi connectivity index (χ4v) is 2.61. The van der Waals surface area contributed by atoms with E-state index in [1.54, 1.807) is 18.2 Å². The van der Waals surface area contributed by atoms with Crippen LogP contribution < -0.4 is 14.8 Å². The standard InChI is InChI=1S/C16H13Cl2NO3/c1-9(10-5-6-13-14(7-10)22-8-21-13)19-16(20)11-3-2-4-12(17)15(11)18/h2-7,9H,8H2,1H3,(H,19,20)/t9-/m0/s1. The van der Waals surface area contributed by atoms with E-state index in [4.69, 9.17) is 32.7 Å². The summed E-state index contributed by atoms with van der Waals surface area (Å²) in [5.74, 6) is 1.11. The van der Waals surface area contributed by atoms with Gasteiger partial charge in [-0.2, -0.15) is 0 Å². The summed E-state index contributed by atoms with van der Waals surface area (Å²) in [6.07, 6.45) is 0. The quantitative estimate of drug-likeness (QED) is 0.912. The largest absolute Gasteiger partial charge is 0.454 e. The van der Waals surface area contributed by atoms with Crippen LogP contribution in [0.1, 0.15) is 28.9 Å². The first-order valence-electron chi connectivity index (χ1n) is 6.70. The number of halogens is 2. The van der Waals surface area contributed by atoms with E-state index >= 15 is 0 Å². The van der Waals surface area contributed by atoms with Crippen molar-refractivity contribution < 1.29 is 14.3 Å². The molecule has 22 heavy (non-hydrogen) atoms. The van der Waals surface area contributed by atoms with Crippen molar-refractivity contribution in [1.29, 1.82) is 0 Å². The van der Waals surface area contributed by atoms with Crippen LogP contribution >= 0.6 is 23.2 Å². The zero-order valence-corrected chi connectivity index (χ0v) is 13.2. The Balaban J connectivity index is 1.77. The Bertz CT molecular complexity index is 733. The molecule has 0 saturated carbocycles. The molecule has 1 heterocycles. The van der Waals surface area contributed by atoms with Gasteiger partial charge in [-0.15, -0.1) is 0 Å². The molecular weight excluding hydrogens is 325 g/mol. The topological polar surface area (TPSA) is 47.6 Å². The molecule has 4 nitrogen and oxygen atoms in total. The van der Waals surface area contributed by atoms with E-state index in [9.17, 15) is 4.79 Å². The Morgan fingerprint density at radius 2 is 1.95 bits per heavy atom. The van der Waals surface area contributed by atoms with Gasteiger partial charge in [-0.25, -0.2) is 0 Å². The van der Waals surface area contributed by atoms with Crippen LogP contribution in [0, 0.1) is 0 Å². The van der Waals surface area contributed by atoms with Gasteiger partial charge in [0, 0.05) is 0 Å². The van der Waals surface area contributed by atoms with Crippen LogP contribution in [0.4, 0.5) is 0 Å². The SMILES string of the molecule is C[C@H](NC(=O)c1cccc(Cl)c1Cl)c1ccc2c(c1)OCO2. The molecule has 0 radical (unpaired) electrons. The molecule has 114 valence electrons. The number of rotatable bonds is 3. The minimum Gasteiger partial charge on any atom is -0.454 e. The molecule has 1 atom stereocenters. The van der Waals surface area contributed by atoms with Crippen LogP contribution in [0.25, 0.3) is 0 Å². The monoisotopic (exact) mass is 337 g/mol. The minimum atomic E-state index is -0.280. The zero-order chi connectivity index (χ0) is 15.7. The number of fused-ring (bicyclic) bond motifs is 1. The molecule has 1 N–H and O–H groups in total. The third-order valence-electron chi connectivity index (χ3n) is 3.44. The van der Waals surface area contributed by atoms with Crippen molar-refractivity contribution in [2.75, 3.05) is 6.79 Å². The van der Waals surface area contributed by atoms with E-state index in [0.717, 1.165) is 5.56 Å². The Morgan fingerprint density at radius 1 is 1.18 bits per heavy atom. The second-order valence-corrected chi connectivity index (χ2v) is 5.69. The van der Waals surface area contributed by atoms with Crippen molar-refractivity contribution in [3.05, 3.63) is 57.6 Å². The molecule has 0 aliphatic carbocycles. The Hall–Kier alpha value is -1.91. The van der Waals surface area contributed by atoms with Crippen molar-refractivity contribution in [2.45, 2.75) is 13.0 Å². The van der Waals surface area contributed by atoms with Crippen LogP contribution in [0.2, 0.25) is 10.0 Å². The molecule has 3 rings (SSSR count). The third-order valence-corrected chi connectivity index (χ3v) is 4.26. The number of nitrogens with one attached hydrogen (secondary N) is 1. The summed E-state index contributed by atoms with van der Waals surface area (Å²) < 4.78 is 10.6. The van der Waals surface area contributed by atoms with Crippen molar-refractivity contribution in [3.63, 3.8) is 0 Å². The number of hydrogen-bond donors (Lipinski definition) is 1. The van der Waals surface area contributed by atoms with Gasteiger partial charge in [0.1, 0.15) is 0 Å². The molecule has 0 bridgehead atoms. The molecule has 1 amide bonds. The highest BCUT2D eigenvalue weighted by Crippen LogP contribution is 2.34. The highest BCUT2D eigenvalue weighted by Gasteiger charge is 2.19. The average Bonchev–Trinajstić information content (AvgIpc) is 2.97. The van der Waals surface area contributed by atoms with Gasteiger partial charge in [0.25, 0.3) is 5.91 Å². The summed E-state index contributed by atoms with van der Waals surface area (Å²) >= 11 is 12.0. The minimum absolute atomic E-state index is 0.211. The van der Waals surface area contributed by atoms with Gasteiger partial charge in [0.15, 0.2) is 11.5 Å². The summed E-state index contributed by atoms with van der Waals surface area (Å²) in [7, 11) is 0. The highest BCUT2D eigenvalue weighted by molar-refractivity contribution is 6.43. The molecule has 2 aromatic carbocycles. The molecule has 0 unspecified atom stereocenters. The lowest BCUT2D eigenvalue weighted by atomic mass is 10.1. The molecule has 1 aliphatic rings. The molecule has 2 aromatic rings. The predicted molar refractivity (Wildman–Crippen MR) is 84.9 cm³/mol. The second-order valence-electron chi connectivity index (χ2n) is 4.91. The maximum absolute atomic E-state index is 12.3. The number of carbonyl (C=O) groups is 1. The van der Waals surface area contributed by atoms with E-state index in [2.05, 4.69) is 5.32 Å². The number of carbonyl (C=O) groups excluding carboxylic acids is 1. The molecule has 0 saturated heterocycles. The van der Waals surface area contributed by atoms with Crippen LogP contribution in [0.5, 0.6) is 11.5 Å². The maximum Gasteiger partial charge on any atom is 0.253 e. The van der Waals surface area contributed by atoms with Crippen molar-refractivity contribution in [3.8, 4) is 11.5 Å². The average molecular weight is 338 g/mol. The smallest absolute Gasteiger partial charge is 0.253 e. The lowest BCUT2D eigenvalue weighted by Gasteiger charge is -2.15. The first-order chi connectivity index (χ1) is 10.6. The first-order valence-corrected chi connectivity index (χ1v) is 7.46. The second kappa shape index (κ2) is 6.07. The molecule has 0 spiro atoms. The van der Waals surface area contributed by atoms with Crippen LogP contribution in [-0.4, -0.2) is 12.7 Å². The number of benzene rings is 2. The van der Waals surface area contributed by atoms with Gasteiger partial charge in [-0.3, -0.25) is 4.79 Å². The van der Waals surface area contributed by atoms with E-state index in [1.807, 2.05) is 25.1 Å². The van der Waals surface area contributed by atoms with Gasteiger partial charge in [-0.1, -0.05) is 35.3 Å². The Kier molecular flexibility index (Phi) is 4.14. The number of hydrogen-bond acceptors (Lipinski definition) is 3. The van der Waals surface area contributed by atoms with Gasteiger partial charge in [0.05, 0.1) is 21.7 Å². The number of amides is 1. The summed E-state index contributed by atoms with van der Waals surface area (Å²) in [5, 5.41) is 3.49. The molecule has 6 heteroatoms. The van der Waals surface area contributed by atoms with Crippen molar-refractivity contribution in [2.24, 2.45) is 0 Å². The van der Waals surface area contributed by atoms with Crippen LogP contribution in [-0.2, 0) is 0 Å². The zero-order valence-electron chi connectivity index (χ0n) is 11.7. The maximum atomic E-state index is 12.3. The first kappa shape index (κ1) is 15.0. The van der Waals surface area contributed by atoms with E-state index < -0.39 is 0 Å². The molecule has 0 aromatic heterocycles. The normalized spacial score (nSPS) is 13.8. The highest BCUT2D eigenvalue weighted by atomic mass is 35.5.